The van der Waals surface area contributed by atoms with Gasteiger partial charge in [-0.1, -0.05) is 6.92 Å². The van der Waals surface area contributed by atoms with Crippen molar-refractivity contribution in [2.24, 2.45) is 5.92 Å². The lowest BCUT2D eigenvalue weighted by atomic mass is 10.1. The third-order valence-corrected chi connectivity index (χ3v) is 4.45. The number of likely N-dealkylation sites (tertiary alicyclic amines) is 1. The second kappa shape index (κ2) is 6.87. The maximum Gasteiger partial charge on any atom is 0.251 e. The van der Waals surface area contributed by atoms with E-state index >= 15 is 0 Å². The van der Waals surface area contributed by atoms with Crippen molar-refractivity contribution >= 4 is 5.91 Å². The van der Waals surface area contributed by atoms with Crippen molar-refractivity contribution < 1.29 is 14.3 Å². The molecular weight excluding hydrogens is 256 g/mol. The predicted octanol–water partition coefficient (Wildman–Crippen LogP) is 0.979. The molecule has 0 N–H and O–H groups in total. The fourth-order valence-electron chi connectivity index (χ4n) is 3.16. The standard InChI is InChI=1S/C15H28N2O3/c1-11-8-17(9-14(11)16(3)4)15(18)12(2)20-10-13-6-5-7-19-13/h11-14H,5-10H2,1-4H3/t11-,12+,13+,14+/m1/s1. The lowest BCUT2D eigenvalue weighted by Crippen LogP contribution is -2.40. The highest BCUT2D eigenvalue weighted by Crippen LogP contribution is 2.21. The van der Waals surface area contributed by atoms with Crippen LogP contribution >= 0.6 is 0 Å². The molecule has 0 aromatic carbocycles. The molecule has 0 bridgehead atoms. The molecule has 0 radical (unpaired) electrons. The van der Waals surface area contributed by atoms with Crippen molar-refractivity contribution in [2.45, 2.75) is 44.9 Å². The molecule has 2 fully saturated rings. The topological polar surface area (TPSA) is 42.0 Å². The minimum absolute atomic E-state index is 0.110. The summed E-state index contributed by atoms with van der Waals surface area (Å²) in [6.07, 6.45) is 1.96. The van der Waals surface area contributed by atoms with Crippen LogP contribution in [0.15, 0.2) is 0 Å². The Balaban J connectivity index is 1.78. The van der Waals surface area contributed by atoms with E-state index in [1.54, 1.807) is 0 Å². The Labute approximate surface area is 122 Å². The number of nitrogens with zero attached hydrogens (tertiary/aromatic N) is 2. The molecule has 2 rings (SSSR count). The Hall–Kier alpha value is -0.650. The van der Waals surface area contributed by atoms with Crippen molar-refractivity contribution in [1.82, 2.24) is 9.80 Å². The van der Waals surface area contributed by atoms with Crippen LogP contribution in [0, 0.1) is 5.92 Å². The number of ether oxygens (including phenoxy) is 2. The SMILES string of the molecule is C[C@H](OC[C@@H]1CCCO1)C(=O)N1C[C@@H](C)[C@@H](N(C)C)C1. The number of carbonyl (C=O) groups excluding carboxylic acids is 1. The molecule has 0 aromatic rings. The molecular formula is C15H28N2O3. The molecule has 2 aliphatic rings. The zero-order valence-corrected chi connectivity index (χ0v) is 13.2. The van der Waals surface area contributed by atoms with Crippen molar-refractivity contribution in [3.8, 4) is 0 Å². The third-order valence-electron chi connectivity index (χ3n) is 4.45. The molecule has 5 nitrogen and oxygen atoms in total. The molecule has 2 heterocycles. The largest absolute Gasteiger partial charge is 0.376 e. The quantitative estimate of drug-likeness (QED) is 0.755. The van der Waals surface area contributed by atoms with Crippen LogP contribution in [0.25, 0.3) is 0 Å². The van der Waals surface area contributed by atoms with Crippen LogP contribution in [0.1, 0.15) is 26.7 Å². The van der Waals surface area contributed by atoms with E-state index < -0.39 is 0 Å². The number of hydrogen-bond donors (Lipinski definition) is 0. The van der Waals surface area contributed by atoms with Crippen molar-refractivity contribution in [2.75, 3.05) is 40.4 Å². The summed E-state index contributed by atoms with van der Waals surface area (Å²) < 4.78 is 11.2. The number of hydrogen-bond acceptors (Lipinski definition) is 4. The van der Waals surface area contributed by atoms with Crippen LogP contribution in [-0.2, 0) is 14.3 Å². The summed E-state index contributed by atoms with van der Waals surface area (Å²) in [5.41, 5.74) is 0. The molecule has 0 saturated carbocycles. The van der Waals surface area contributed by atoms with Gasteiger partial charge in [0.25, 0.3) is 5.91 Å². The highest BCUT2D eigenvalue weighted by atomic mass is 16.5. The minimum Gasteiger partial charge on any atom is -0.376 e. The van der Waals surface area contributed by atoms with Gasteiger partial charge in [0.1, 0.15) is 6.10 Å². The summed E-state index contributed by atoms with van der Waals surface area (Å²) in [5, 5.41) is 0. The van der Waals surface area contributed by atoms with E-state index in [9.17, 15) is 4.79 Å². The number of carbonyl (C=O) groups is 1. The van der Waals surface area contributed by atoms with Gasteiger partial charge in [0, 0.05) is 25.7 Å². The molecule has 5 heteroatoms. The van der Waals surface area contributed by atoms with Gasteiger partial charge in [-0.05, 0) is 39.8 Å². The highest BCUT2D eigenvalue weighted by Gasteiger charge is 2.35. The summed E-state index contributed by atoms with van der Waals surface area (Å²) in [6, 6.07) is 0.448. The van der Waals surface area contributed by atoms with Crippen molar-refractivity contribution in [1.29, 1.82) is 0 Å². The van der Waals surface area contributed by atoms with E-state index in [0.29, 0.717) is 18.6 Å². The zero-order chi connectivity index (χ0) is 14.7. The first-order valence-corrected chi connectivity index (χ1v) is 7.67. The molecule has 2 aliphatic heterocycles. The van der Waals surface area contributed by atoms with Crippen molar-refractivity contribution in [3.05, 3.63) is 0 Å². The Morgan fingerprint density at radius 3 is 2.75 bits per heavy atom. The average Bonchev–Trinajstić information content (AvgIpc) is 3.04. The smallest absolute Gasteiger partial charge is 0.251 e. The van der Waals surface area contributed by atoms with Gasteiger partial charge in [-0.15, -0.1) is 0 Å². The molecule has 116 valence electrons. The normalized spacial score (nSPS) is 32.0. The summed E-state index contributed by atoms with van der Waals surface area (Å²) >= 11 is 0. The molecule has 0 aromatic heterocycles. The van der Waals surface area contributed by atoms with E-state index in [4.69, 9.17) is 9.47 Å². The first-order valence-electron chi connectivity index (χ1n) is 7.67. The number of rotatable bonds is 5. The second-order valence-corrected chi connectivity index (χ2v) is 6.36. The first-order chi connectivity index (χ1) is 9.49. The highest BCUT2D eigenvalue weighted by molar-refractivity contribution is 5.80. The zero-order valence-electron chi connectivity index (χ0n) is 13.2. The summed E-state index contributed by atoms with van der Waals surface area (Å²) in [6.45, 7) is 7.05. The Bertz CT molecular complexity index is 329. The molecule has 0 unspecified atom stereocenters. The van der Waals surface area contributed by atoms with Crippen LogP contribution < -0.4 is 0 Å². The molecule has 2 saturated heterocycles. The molecule has 1 amide bonds. The maximum atomic E-state index is 12.4. The Morgan fingerprint density at radius 2 is 2.20 bits per heavy atom. The van der Waals surface area contributed by atoms with Gasteiger partial charge in [0.05, 0.1) is 12.7 Å². The predicted molar refractivity (Wildman–Crippen MR) is 77.6 cm³/mol. The first kappa shape index (κ1) is 15.7. The summed E-state index contributed by atoms with van der Waals surface area (Å²) in [7, 11) is 4.15. The van der Waals surface area contributed by atoms with E-state index in [-0.39, 0.29) is 18.1 Å². The van der Waals surface area contributed by atoms with Crippen LogP contribution in [-0.4, -0.2) is 74.4 Å². The van der Waals surface area contributed by atoms with Crippen LogP contribution in [0.3, 0.4) is 0 Å². The fourth-order valence-corrected chi connectivity index (χ4v) is 3.16. The second-order valence-electron chi connectivity index (χ2n) is 6.36. The Morgan fingerprint density at radius 1 is 1.45 bits per heavy atom. The van der Waals surface area contributed by atoms with Gasteiger partial charge in [0.2, 0.25) is 0 Å². The maximum absolute atomic E-state index is 12.4. The van der Waals surface area contributed by atoms with Gasteiger partial charge in [0.15, 0.2) is 0 Å². The summed E-state index contributed by atoms with van der Waals surface area (Å²) in [5.74, 6) is 0.624. The van der Waals surface area contributed by atoms with Gasteiger partial charge in [-0.25, -0.2) is 0 Å². The van der Waals surface area contributed by atoms with Crippen molar-refractivity contribution in [3.63, 3.8) is 0 Å². The van der Waals surface area contributed by atoms with E-state index in [1.807, 2.05) is 11.8 Å². The third kappa shape index (κ3) is 3.71. The van der Waals surface area contributed by atoms with E-state index in [2.05, 4.69) is 25.9 Å². The van der Waals surface area contributed by atoms with Crippen LogP contribution in [0.2, 0.25) is 0 Å². The minimum atomic E-state index is -0.368. The number of likely N-dealkylation sites (N-methyl/N-ethyl adjacent to an activating group) is 1. The van der Waals surface area contributed by atoms with E-state index in [1.165, 1.54) is 0 Å². The Kier molecular flexibility index (Phi) is 5.41. The summed E-state index contributed by atoms with van der Waals surface area (Å²) in [4.78, 5) is 16.5. The van der Waals surface area contributed by atoms with Gasteiger partial charge < -0.3 is 19.3 Å². The molecule has 0 aliphatic carbocycles. The monoisotopic (exact) mass is 284 g/mol. The van der Waals surface area contributed by atoms with Gasteiger partial charge >= 0.3 is 0 Å². The van der Waals surface area contributed by atoms with Gasteiger partial charge in [-0.2, -0.15) is 0 Å². The average molecular weight is 284 g/mol. The molecule has 4 atom stereocenters. The van der Waals surface area contributed by atoms with E-state index in [0.717, 1.165) is 32.5 Å². The van der Waals surface area contributed by atoms with Gasteiger partial charge in [-0.3, -0.25) is 4.79 Å². The lowest BCUT2D eigenvalue weighted by molar-refractivity contribution is -0.143. The molecule has 20 heavy (non-hydrogen) atoms. The lowest BCUT2D eigenvalue weighted by Gasteiger charge is -2.24. The number of amides is 1. The fraction of sp³-hybridized carbons (Fsp3) is 0.933. The van der Waals surface area contributed by atoms with Crippen LogP contribution in [0.5, 0.6) is 0 Å². The van der Waals surface area contributed by atoms with Crippen LogP contribution in [0.4, 0.5) is 0 Å². The molecule has 0 spiro atoms.